The van der Waals surface area contributed by atoms with E-state index in [1.54, 1.807) is 6.08 Å². The molecule has 0 aromatic carbocycles. The van der Waals surface area contributed by atoms with Crippen LogP contribution in [0.1, 0.15) is 13.8 Å². The molecular formula is C8H14N4. The SMILES string of the molecule is C=C(C)/C(C)=C\C(=N)N(N)C=N. The average molecular weight is 166 g/mol. The van der Waals surface area contributed by atoms with Crippen LogP contribution in [0.2, 0.25) is 0 Å². The van der Waals surface area contributed by atoms with Crippen LogP contribution >= 0.6 is 0 Å². The lowest BCUT2D eigenvalue weighted by Gasteiger charge is -2.10. The van der Waals surface area contributed by atoms with Crippen LogP contribution in [0.25, 0.3) is 0 Å². The molecule has 0 spiro atoms. The van der Waals surface area contributed by atoms with Gasteiger partial charge in [-0.15, -0.1) is 0 Å². The number of nitrogens with one attached hydrogen (secondary N) is 2. The van der Waals surface area contributed by atoms with Crippen molar-refractivity contribution in [2.24, 2.45) is 5.84 Å². The average Bonchev–Trinajstić information content (AvgIpc) is 2.02. The highest BCUT2D eigenvalue weighted by molar-refractivity contribution is 5.97. The number of hydrogen-bond donors (Lipinski definition) is 3. The van der Waals surface area contributed by atoms with Gasteiger partial charge < -0.3 is 0 Å². The van der Waals surface area contributed by atoms with Crippen LogP contribution in [-0.2, 0) is 0 Å². The molecule has 0 amide bonds. The largest absolute Gasteiger partial charge is 0.290 e. The molecule has 0 aliphatic carbocycles. The van der Waals surface area contributed by atoms with Gasteiger partial charge in [-0.3, -0.25) is 15.8 Å². The molecule has 0 radical (unpaired) electrons. The Kier molecular flexibility index (Phi) is 3.93. The summed E-state index contributed by atoms with van der Waals surface area (Å²) in [6, 6.07) is 0. The normalized spacial score (nSPS) is 10.8. The Bertz CT molecular complexity index is 239. The smallest absolute Gasteiger partial charge is 0.140 e. The first-order valence-corrected chi connectivity index (χ1v) is 3.46. The summed E-state index contributed by atoms with van der Waals surface area (Å²) in [5.41, 5.74) is 1.77. The summed E-state index contributed by atoms with van der Waals surface area (Å²) >= 11 is 0. The van der Waals surface area contributed by atoms with Gasteiger partial charge in [0.05, 0.1) is 0 Å². The lowest BCUT2D eigenvalue weighted by atomic mass is 10.1. The van der Waals surface area contributed by atoms with E-state index < -0.39 is 0 Å². The molecule has 0 aromatic rings. The molecule has 66 valence electrons. The van der Waals surface area contributed by atoms with Gasteiger partial charge in [-0.25, -0.2) is 5.84 Å². The third kappa shape index (κ3) is 3.12. The van der Waals surface area contributed by atoms with E-state index in [0.29, 0.717) is 0 Å². The van der Waals surface area contributed by atoms with Crippen molar-refractivity contribution < 1.29 is 0 Å². The van der Waals surface area contributed by atoms with E-state index in [1.165, 1.54) is 0 Å². The van der Waals surface area contributed by atoms with E-state index in [2.05, 4.69) is 6.58 Å². The summed E-state index contributed by atoms with van der Waals surface area (Å²) in [5.74, 6) is 5.33. The van der Waals surface area contributed by atoms with E-state index in [9.17, 15) is 0 Å². The van der Waals surface area contributed by atoms with Crippen molar-refractivity contribution in [1.29, 1.82) is 10.8 Å². The number of allylic oxidation sites excluding steroid dienone is 2. The molecule has 0 rings (SSSR count). The first-order chi connectivity index (χ1) is 5.49. The van der Waals surface area contributed by atoms with Crippen LogP contribution in [-0.4, -0.2) is 17.2 Å². The standard InChI is InChI=1S/C8H14N4/c1-6(2)7(3)4-8(10)12(11)5-9/h4-5,9-10H,1,11H2,2-3H3/b7-4-,9-5?,10-8?. The van der Waals surface area contributed by atoms with Crippen LogP contribution in [0, 0.1) is 10.8 Å². The molecule has 0 saturated heterocycles. The molecule has 0 heterocycles. The van der Waals surface area contributed by atoms with Gasteiger partial charge in [0, 0.05) is 0 Å². The second-order valence-electron chi connectivity index (χ2n) is 2.53. The minimum atomic E-state index is 0.0745. The van der Waals surface area contributed by atoms with Crippen molar-refractivity contribution in [1.82, 2.24) is 5.01 Å². The number of rotatable bonds is 3. The first-order valence-electron chi connectivity index (χ1n) is 3.46. The summed E-state index contributed by atoms with van der Waals surface area (Å²) in [6.45, 7) is 7.41. The van der Waals surface area contributed by atoms with Crippen molar-refractivity contribution >= 4 is 12.2 Å². The highest BCUT2D eigenvalue weighted by Crippen LogP contribution is 2.04. The van der Waals surface area contributed by atoms with Crippen molar-refractivity contribution in [3.8, 4) is 0 Å². The van der Waals surface area contributed by atoms with Gasteiger partial charge in [0.15, 0.2) is 0 Å². The van der Waals surface area contributed by atoms with Crippen LogP contribution in [0.15, 0.2) is 23.8 Å². The molecule has 4 heteroatoms. The fourth-order valence-electron chi connectivity index (χ4n) is 0.472. The van der Waals surface area contributed by atoms with E-state index >= 15 is 0 Å². The Labute approximate surface area is 72.4 Å². The molecule has 0 bridgehead atoms. The van der Waals surface area contributed by atoms with E-state index in [-0.39, 0.29) is 5.84 Å². The predicted octanol–water partition coefficient (Wildman–Crippen LogP) is 1.27. The molecule has 4 nitrogen and oxygen atoms in total. The van der Waals surface area contributed by atoms with Crippen molar-refractivity contribution in [2.75, 3.05) is 0 Å². The molecule has 0 aliphatic rings. The summed E-state index contributed by atoms with van der Waals surface area (Å²) in [6.07, 6.45) is 2.44. The van der Waals surface area contributed by atoms with Gasteiger partial charge >= 0.3 is 0 Å². The van der Waals surface area contributed by atoms with E-state index in [0.717, 1.165) is 22.5 Å². The maximum Gasteiger partial charge on any atom is 0.140 e. The summed E-state index contributed by atoms with van der Waals surface area (Å²) in [4.78, 5) is 0. The maximum atomic E-state index is 7.35. The second kappa shape index (κ2) is 4.46. The van der Waals surface area contributed by atoms with Gasteiger partial charge in [-0.2, -0.15) is 0 Å². The van der Waals surface area contributed by atoms with E-state index in [1.807, 2.05) is 13.8 Å². The van der Waals surface area contributed by atoms with Crippen LogP contribution in [0.3, 0.4) is 0 Å². The fraction of sp³-hybridized carbons (Fsp3) is 0.250. The number of amidine groups is 1. The summed E-state index contributed by atoms with van der Waals surface area (Å²) < 4.78 is 0. The molecule has 12 heavy (non-hydrogen) atoms. The number of hydrogen-bond acceptors (Lipinski definition) is 3. The van der Waals surface area contributed by atoms with Crippen LogP contribution in [0.5, 0.6) is 0 Å². The van der Waals surface area contributed by atoms with Crippen molar-refractivity contribution in [3.05, 3.63) is 23.8 Å². The van der Waals surface area contributed by atoms with Gasteiger partial charge in [-0.05, 0) is 25.5 Å². The molecule has 4 N–H and O–H groups in total. The van der Waals surface area contributed by atoms with Gasteiger partial charge in [-0.1, -0.05) is 12.2 Å². The lowest BCUT2D eigenvalue weighted by molar-refractivity contribution is 0.668. The fourth-order valence-corrected chi connectivity index (χ4v) is 0.472. The molecule has 0 aliphatic heterocycles. The summed E-state index contributed by atoms with van der Waals surface area (Å²) in [7, 11) is 0. The Morgan fingerprint density at radius 1 is 1.50 bits per heavy atom. The summed E-state index contributed by atoms with van der Waals surface area (Å²) in [5, 5.41) is 15.0. The quantitative estimate of drug-likeness (QED) is 0.194. The zero-order valence-corrected chi connectivity index (χ0v) is 7.39. The van der Waals surface area contributed by atoms with Gasteiger partial charge in [0.25, 0.3) is 0 Å². The zero-order valence-electron chi connectivity index (χ0n) is 7.39. The maximum absolute atomic E-state index is 7.35. The van der Waals surface area contributed by atoms with Crippen molar-refractivity contribution in [2.45, 2.75) is 13.8 Å². The van der Waals surface area contributed by atoms with Crippen LogP contribution in [0.4, 0.5) is 0 Å². The van der Waals surface area contributed by atoms with Crippen molar-refractivity contribution in [3.63, 3.8) is 0 Å². The lowest BCUT2D eigenvalue weighted by Crippen LogP contribution is -2.34. The Morgan fingerprint density at radius 3 is 2.33 bits per heavy atom. The van der Waals surface area contributed by atoms with Gasteiger partial charge in [0.1, 0.15) is 12.2 Å². The molecule has 0 fully saturated rings. The minimum absolute atomic E-state index is 0.0745. The Hall–Kier alpha value is -1.42. The molecule has 0 saturated carbocycles. The zero-order chi connectivity index (χ0) is 9.72. The number of nitrogens with zero attached hydrogens (tertiary/aromatic N) is 1. The molecular weight excluding hydrogens is 152 g/mol. The third-order valence-corrected chi connectivity index (χ3v) is 1.44. The Morgan fingerprint density at radius 2 is 2.00 bits per heavy atom. The monoisotopic (exact) mass is 166 g/mol. The highest BCUT2D eigenvalue weighted by Gasteiger charge is 1.98. The predicted molar refractivity (Wildman–Crippen MR) is 51.1 cm³/mol. The third-order valence-electron chi connectivity index (χ3n) is 1.44. The second-order valence-corrected chi connectivity index (χ2v) is 2.53. The van der Waals surface area contributed by atoms with Crippen LogP contribution < -0.4 is 5.84 Å². The minimum Gasteiger partial charge on any atom is -0.290 e. The highest BCUT2D eigenvalue weighted by atomic mass is 15.4. The molecule has 0 atom stereocenters. The van der Waals surface area contributed by atoms with E-state index in [4.69, 9.17) is 16.7 Å². The molecule has 0 unspecified atom stereocenters. The number of nitrogens with two attached hydrogens (primary N) is 1. The topological polar surface area (TPSA) is 77.0 Å². The molecule has 0 aromatic heterocycles. The first kappa shape index (κ1) is 10.6. The Balaban J connectivity index is 4.43. The van der Waals surface area contributed by atoms with Gasteiger partial charge in [0.2, 0.25) is 0 Å². The number of hydrazine groups is 1.